The van der Waals surface area contributed by atoms with Crippen molar-refractivity contribution in [2.45, 2.75) is 38.5 Å². The summed E-state index contributed by atoms with van der Waals surface area (Å²) in [4.78, 5) is 23.5. The summed E-state index contributed by atoms with van der Waals surface area (Å²) < 4.78 is 0. The zero-order valence-corrected chi connectivity index (χ0v) is 12.3. The first-order valence-corrected chi connectivity index (χ1v) is 7.36. The first kappa shape index (κ1) is 15.7. The van der Waals surface area contributed by atoms with Gasteiger partial charge in [-0.1, -0.05) is 12.8 Å². The lowest BCUT2D eigenvalue weighted by atomic mass is 10.2. The molecule has 0 heterocycles. The molecule has 0 aliphatic heterocycles. The Labute approximate surface area is 129 Å². The molecule has 0 radical (unpaired) electrons. The van der Waals surface area contributed by atoms with Gasteiger partial charge in [0.15, 0.2) is 0 Å². The summed E-state index contributed by atoms with van der Waals surface area (Å²) in [6, 6.07) is 8.26. The molecule has 6 heteroatoms. The van der Waals surface area contributed by atoms with E-state index in [4.69, 9.17) is 5.26 Å². The largest absolute Gasteiger partial charge is 0.329 e. The molecule has 0 atom stereocenters. The van der Waals surface area contributed by atoms with E-state index < -0.39 is 11.8 Å². The van der Waals surface area contributed by atoms with Crippen molar-refractivity contribution in [3.8, 4) is 6.07 Å². The van der Waals surface area contributed by atoms with E-state index in [1.54, 1.807) is 24.3 Å². The smallest absolute Gasteiger partial charge is 0.318 e. The number of nitrogens with one attached hydrogen (secondary N) is 2. The summed E-state index contributed by atoms with van der Waals surface area (Å²) in [5.41, 5.74) is 4.20. The molecule has 114 valence electrons. The van der Waals surface area contributed by atoms with Crippen LogP contribution in [-0.4, -0.2) is 17.5 Å². The molecule has 0 bridgehead atoms. The molecule has 1 fully saturated rings. The van der Waals surface area contributed by atoms with Gasteiger partial charge < -0.3 is 5.32 Å². The summed E-state index contributed by atoms with van der Waals surface area (Å²) in [7, 11) is 0. The third-order valence-corrected chi connectivity index (χ3v) is 3.47. The van der Waals surface area contributed by atoms with Gasteiger partial charge in [0, 0.05) is 11.4 Å². The number of amides is 2. The van der Waals surface area contributed by atoms with Gasteiger partial charge in [-0.2, -0.15) is 10.4 Å². The maximum absolute atomic E-state index is 11.8. The molecule has 0 unspecified atom stereocenters. The predicted octanol–water partition coefficient (Wildman–Crippen LogP) is 2.32. The number of hydrogen-bond acceptors (Lipinski definition) is 4. The second-order valence-corrected chi connectivity index (χ2v) is 5.18. The number of hydrazone groups is 1. The van der Waals surface area contributed by atoms with Crippen LogP contribution in [-0.2, 0) is 9.59 Å². The van der Waals surface area contributed by atoms with Crippen LogP contribution in [0, 0.1) is 11.3 Å². The molecule has 2 rings (SSSR count). The second kappa shape index (κ2) is 7.93. The first-order valence-electron chi connectivity index (χ1n) is 7.36. The quantitative estimate of drug-likeness (QED) is 0.498. The van der Waals surface area contributed by atoms with Crippen LogP contribution < -0.4 is 10.7 Å². The normalized spacial score (nSPS) is 14.4. The molecule has 1 aromatic carbocycles. The van der Waals surface area contributed by atoms with Crippen LogP contribution in [0.1, 0.15) is 44.1 Å². The monoisotopic (exact) mass is 298 g/mol. The molecule has 2 amide bonds. The lowest BCUT2D eigenvalue weighted by Crippen LogP contribution is -2.33. The maximum atomic E-state index is 11.8. The van der Waals surface area contributed by atoms with Crippen molar-refractivity contribution in [3.63, 3.8) is 0 Å². The Morgan fingerprint density at radius 1 is 1.00 bits per heavy atom. The van der Waals surface area contributed by atoms with Crippen molar-refractivity contribution in [1.82, 2.24) is 5.43 Å². The minimum atomic E-state index is -0.791. The lowest BCUT2D eigenvalue weighted by Gasteiger charge is -2.05. The Kier molecular flexibility index (Phi) is 5.66. The summed E-state index contributed by atoms with van der Waals surface area (Å²) in [6.45, 7) is 0. The highest BCUT2D eigenvalue weighted by Gasteiger charge is 2.14. The Balaban J connectivity index is 1.87. The average molecular weight is 298 g/mol. The fraction of sp³-hybridized carbons (Fsp3) is 0.375. The van der Waals surface area contributed by atoms with Gasteiger partial charge in [0.05, 0.1) is 11.6 Å². The maximum Gasteiger partial charge on any atom is 0.329 e. The number of benzene rings is 1. The number of rotatable bonds is 2. The van der Waals surface area contributed by atoms with Crippen molar-refractivity contribution in [2.75, 3.05) is 5.32 Å². The second-order valence-electron chi connectivity index (χ2n) is 5.18. The van der Waals surface area contributed by atoms with E-state index in [0.717, 1.165) is 31.4 Å². The van der Waals surface area contributed by atoms with Crippen molar-refractivity contribution in [2.24, 2.45) is 5.10 Å². The van der Waals surface area contributed by atoms with Gasteiger partial charge in [-0.25, -0.2) is 5.43 Å². The zero-order valence-electron chi connectivity index (χ0n) is 12.3. The number of nitrogens with zero attached hydrogens (tertiary/aromatic N) is 2. The number of nitriles is 1. The molecule has 0 spiro atoms. The third kappa shape index (κ3) is 4.70. The highest BCUT2D eigenvalue weighted by Crippen LogP contribution is 2.14. The van der Waals surface area contributed by atoms with E-state index in [1.165, 1.54) is 12.8 Å². The molecule has 1 aliphatic carbocycles. The van der Waals surface area contributed by atoms with Gasteiger partial charge in [-0.05, 0) is 49.9 Å². The van der Waals surface area contributed by atoms with Crippen LogP contribution in [0.3, 0.4) is 0 Å². The van der Waals surface area contributed by atoms with E-state index >= 15 is 0 Å². The Morgan fingerprint density at radius 2 is 1.64 bits per heavy atom. The molecule has 22 heavy (non-hydrogen) atoms. The van der Waals surface area contributed by atoms with E-state index in [1.807, 2.05) is 6.07 Å². The fourth-order valence-corrected chi connectivity index (χ4v) is 2.25. The van der Waals surface area contributed by atoms with Crippen LogP contribution in [0.4, 0.5) is 5.69 Å². The number of anilines is 1. The molecule has 0 aromatic heterocycles. The predicted molar refractivity (Wildman–Crippen MR) is 83.1 cm³/mol. The van der Waals surface area contributed by atoms with Gasteiger partial charge in [-0.15, -0.1) is 0 Å². The topological polar surface area (TPSA) is 94.4 Å². The van der Waals surface area contributed by atoms with E-state index in [-0.39, 0.29) is 0 Å². The SMILES string of the molecule is N#Cc1ccc(NC(=O)C(=O)NN=C2CCCCCC2)cc1. The van der Waals surface area contributed by atoms with Crippen LogP contribution in [0.25, 0.3) is 0 Å². The van der Waals surface area contributed by atoms with Crippen molar-refractivity contribution < 1.29 is 9.59 Å². The minimum Gasteiger partial charge on any atom is -0.318 e. The average Bonchev–Trinajstić information content (AvgIpc) is 2.82. The Hall–Kier alpha value is -2.68. The Bertz CT molecular complexity index is 604. The summed E-state index contributed by atoms with van der Waals surface area (Å²) in [5.74, 6) is -1.57. The number of hydrogen-bond donors (Lipinski definition) is 2. The molecule has 6 nitrogen and oxygen atoms in total. The van der Waals surface area contributed by atoms with Gasteiger partial charge >= 0.3 is 11.8 Å². The van der Waals surface area contributed by atoms with Crippen LogP contribution >= 0.6 is 0 Å². The first-order chi connectivity index (χ1) is 10.7. The van der Waals surface area contributed by atoms with Crippen LogP contribution in [0.2, 0.25) is 0 Å². The van der Waals surface area contributed by atoms with E-state index in [2.05, 4.69) is 15.8 Å². The molecule has 0 saturated heterocycles. The van der Waals surface area contributed by atoms with Gasteiger partial charge in [0.2, 0.25) is 0 Å². The lowest BCUT2D eigenvalue weighted by molar-refractivity contribution is -0.136. The van der Waals surface area contributed by atoms with E-state index in [0.29, 0.717) is 11.3 Å². The van der Waals surface area contributed by atoms with Gasteiger partial charge in [0.25, 0.3) is 0 Å². The standard InChI is InChI=1S/C16H18N4O2/c17-11-12-7-9-13(10-8-12)18-15(21)16(22)20-19-14-5-3-1-2-4-6-14/h7-10H,1-6H2,(H,18,21)(H,20,22). The molecule has 1 aromatic rings. The van der Waals surface area contributed by atoms with Gasteiger partial charge in [-0.3, -0.25) is 9.59 Å². The van der Waals surface area contributed by atoms with Crippen molar-refractivity contribution >= 4 is 23.2 Å². The zero-order chi connectivity index (χ0) is 15.8. The number of carbonyl (C=O) groups is 2. The van der Waals surface area contributed by atoms with E-state index in [9.17, 15) is 9.59 Å². The summed E-state index contributed by atoms with van der Waals surface area (Å²) >= 11 is 0. The minimum absolute atomic E-state index is 0.460. The van der Waals surface area contributed by atoms with Gasteiger partial charge in [0.1, 0.15) is 0 Å². The molecular formula is C16H18N4O2. The molecule has 1 saturated carbocycles. The van der Waals surface area contributed by atoms with Crippen molar-refractivity contribution in [3.05, 3.63) is 29.8 Å². The third-order valence-electron chi connectivity index (χ3n) is 3.47. The molecular weight excluding hydrogens is 280 g/mol. The van der Waals surface area contributed by atoms with Crippen LogP contribution in [0.15, 0.2) is 29.4 Å². The number of carbonyl (C=O) groups excluding carboxylic acids is 2. The molecule has 2 N–H and O–H groups in total. The highest BCUT2D eigenvalue weighted by molar-refractivity contribution is 6.39. The fourth-order valence-electron chi connectivity index (χ4n) is 2.25. The highest BCUT2D eigenvalue weighted by atomic mass is 16.2. The van der Waals surface area contributed by atoms with Crippen molar-refractivity contribution in [1.29, 1.82) is 5.26 Å². The summed E-state index contributed by atoms with van der Waals surface area (Å²) in [5, 5.41) is 15.2. The van der Waals surface area contributed by atoms with Crippen LogP contribution in [0.5, 0.6) is 0 Å². The summed E-state index contributed by atoms with van der Waals surface area (Å²) in [6.07, 6.45) is 6.27. The Morgan fingerprint density at radius 3 is 2.23 bits per heavy atom. The molecule has 1 aliphatic rings.